The molecule has 0 atom stereocenters. The number of hydrogen-bond acceptors (Lipinski definition) is 3. The SMILES string of the molecule is CCS(=O)(=O)c1ccc(NC(C)(C)CCl)cc1. The van der Waals surface area contributed by atoms with Crippen LogP contribution >= 0.6 is 11.6 Å². The third kappa shape index (κ3) is 3.89. The lowest BCUT2D eigenvalue weighted by atomic mass is 10.1. The zero-order valence-corrected chi connectivity index (χ0v) is 11.9. The Morgan fingerprint density at radius 1 is 1.24 bits per heavy atom. The van der Waals surface area contributed by atoms with Crippen LogP contribution in [0.5, 0.6) is 0 Å². The second-order valence-corrected chi connectivity index (χ2v) is 7.12. The van der Waals surface area contributed by atoms with Crippen LogP contribution in [0.25, 0.3) is 0 Å². The van der Waals surface area contributed by atoms with Crippen molar-refractivity contribution in [3.63, 3.8) is 0 Å². The van der Waals surface area contributed by atoms with Crippen molar-refractivity contribution in [1.82, 2.24) is 0 Å². The standard InChI is InChI=1S/C12H18ClNO2S/c1-4-17(15,16)11-7-5-10(6-8-11)14-12(2,3)9-13/h5-8,14H,4,9H2,1-3H3. The van der Waals surface area contributed by atoms with Crippen LogP contribution in [0.3, 0.4) is 0 Å². The van der Waals surface area contributed by atoms with E-state index in [1.807, 2.05) is 13.8 Å². The molecule has 3 nitrogen and oxygen atoms in total. The van der Waals surface area contributed by atoms with E-state index in [0.29, 0.717) is 10.8 Å². The van der Waals surface area contributed by atoms with Gasteiger partial charge in [0.25, 0.3) is 0 Å². The molecule has 1 rings (SSSR count). The molecular formula is C12H18ClNO2S. The lowest BCUT2D eigenvalue weighted by molar-refractivity contribution is 0.597. The van der Waals surface area contributed by atoms with Crippen molar-refractivity contribution >= 4 is 27.1 Å². The summed E-state index contributed by atoms with van der Waals surface area (Å²) in [4.78, 5) is 0.356. The lowest BCUT2D eigenvalue weighted by Gasteiger charge is -2.24. The summed E-state index contributed by atoms with van der Waals surface area (Å²) >= 11 is 5.81. The maximum absolute atomic E-state index is 11.6. The number of benzene rings is 1. The van der Waals surface area contributed by atoms with Crippen LogP contribution < -0.4 is 5.32 Å². The molecule has 1 aromatic rings. The number of halogens is 1. The Balaban J connectivity index is 2.90. The number of sulfone groups is 1. The van der Waals surface area contributed by atoms with E-state index in [4.69, 9.17) is 11.6 Å². The van der Waals surface area contributed by atoms with Gasteiger partial charge in [-0.15, -0.1) is 11.6 Å². The predicted octanol–water partition coefficient (Wildman–Crippen LogP) is 2.91. The Labute approximate surface area is 108 Å². The molecule has 0 aromatic heterocycles. The van der Waals surface area contributed by atoms with Crippen LogP contribution in [0.2, 0.25) is 0 Å². The Morgan fingerprint density at radius 2 is 1.76 bits per heavy atom. The fourth-order valence-electron chi connectivity index (χ4n) is 1.34. The van der Waals surface area contributed by atoms with Gasteiger partial charge in [0, 0.05) is 17.1 Å². The zero-order valence-electron chi connectivity index (χ0n) is 10.3. The minimum Gasteiger partial charge on any atom is -0.379 e. The molecule has 5 heteroatoms. The van der Waals surface area contributed by atoms with E-state index in [1.54, 1.807) is 31.2 Å². The molecule has 0 spiro atoms. The Morgan fingerprint density at radius 3 is 2.18 bits per heavy atom. The summed E-state index contributed by atoms with van der Waals surface area (Å²) in [6, 6.07) is 6.75. The van der Waals surface area contributed by atoms with Gasteiger partial charge >= 0.3 is 0 Å². The average Bonchev–Trinajstić information content (AvgIpc) is 2.29. The van der Waals surface area contributed by atoms with E-state index in [1.165, 1.54) is 0 Å². The Bertz CT molecular complexity index is 466. The predicted molar refractivity (Wildman–Crippen MR) is 72.6 cm³/mol. The van der Waals surface area contributed by atoms with Gasteiger partial charge in [-0.05, 0) is 38.1 Å². The summed E-state index contributed by atoms with van der Waals surface area (Å²) < 4.78 is 23.2. The number of anilines is 1. The highest BCUT2D eigenvalue weighted by Gasteiger charge is 2.16. The molecule has 96 valence electrons. The van der Waals surface area contributed by atoms with E-state index in [2.05, 4.69) is 5.32 Å². The van der Waals surface area contributed by atoms with Gasteiger partial charge < -0.3 is 5.32 Å². The molecule has 0 aliphatic rings. The summed E-state index contributed by atoms with van der Waals surface area (Å²) in [5.41, 5.74) is 0.651. The fraction of sp³-hybridized carbons (Fsp3) is 0.500. The molecule has 0 bridgehead atoms. The summed E-state index contributed by atoms with van der Waals surface area (Å²) in [7, 11) is -3.12. The normalized spacial score (nSPS) is 12.5. The highest BCUT2D eigenvalue weighted by molar-refractivity contribution is 7.91. The van der Waals surface area contributed by atoms with Gasteiger partial charge in [0.1, 0.15) is 0 Å². The number of nitrogens with one attached hydrogen (secondary N) is 1. The molecule has 0 saturated carbocycles. The molecule has 0 radical (unpaired) electrons. The maximum Gasteiger partial charge on any atom is 0.178 e. The summed E-state index contributed by atoms with van der Waals surface area (Å²) in [6.45, 7) is 5.60. The lowest BCUT2D eigenvalue weighted by Crippen LogP contribution is -2.32. The van der Waals surface area contributed by atoms with Crippen LogP contribution in [-0.4, -0.2) is 25.6 Å². The third-order valence-electron chi connectivity index (χ3n) is 2.41. The van der Waals surface area contributed by atoms with E-state index in [0.717, 1.165) is 5.69 Å². The summed E-state index contributed by atoms with van der Waals surface area (Å²) in [5, 5.41) is 3.24. The summed E-state index contributed by atoms with van der Waals surface area (Å²) in [6.07, 6.45) is 0. The van der Waals surface area contributed by atoms with Gasteiger partial charge in [0.2, 0.25) is 0 Å². The molecule has 0 aliphatic carbocycles. The monoisotopic (exact) mass is 275 g/mol. The maximum atomic E-state index is 11.6. The van der Waals surface area contributed by atoms with Crippen molar-refractivity contribution in [2.75, 3.05) is 16.9 Å². The molecule has 0 heterocycles. The van der Waals surface area contributed by atoms with Crippen LogP contribution in [-0.2, 0) is 9.84 Å². The van der Waals surface area contributed by atoms with Crippen LogP contribution in [0.4, 0.5) is 5.69 Å². The van der Waals surface area contributed by atoms with Crippen LogP contribution in [0, 0.1) is 0 Å². The first-order valence-electron chi connectivity index (χ1n) is 5.48. The van der Waals surface area contributed by atoms with Gasteiger partial charge in [0.05, 0.1) is 10.6 Å². The molecule has 0 amide bonds. The van der Waals surface area contributed by atoms with Crippen molar-refractivity contribution in [3.05, 3.63) is 24.3 Å². The second-order valence-electron chi connectivity index (χ2n) is 4.57. The van der Waals surface area contributed by atoms with Crippen molar-refractivity contribution < 1.29 is 8.42 Å². The van der Waals surface area contributed by atoms with Crippen molar-refractivity contribution in [3.8, 4) is 0 Å². The van der Waals surface area contributed by atoms with Crippen molar-refractivity contribution in [2.24, 2.45) is 0 Å². The van der Waals surface area contributed by atoms with E-state index < -0.39 is 9.84 Å². The Kier molecular flexibility index (Phi) is 4.44. The first kappa shape index (κ1) is 14.3. The number of hydrogen-bond donors (Lipinski definition) is 1. The highest BCUT2D eigenvalue weighted by atomic mass is 35.5. The number of alkyl halides is 1. The smallest absolute Gasteiger partial charge is 0.178 e. The van der Waals surface area contributed by atoms with Gasteiger partial charge in [-0.3, -0.25) is 0 Å². The zero-order chi connectivity index (χ0) is 13.1. The first-order chi connectivity index (χ1) is 7.80. The van der Waals surface area contributed by atoms with Gasteiger partial charge in [-0.2, -0.15) is 0 Å². The quantitative estimate of drug-likeness (QED) is 0.841. The summed E-state index contributed by atoms with van der Waals surface area (Å²) in [5.74, 6) is 0.592. The molecule has 0 saturated heterocycles. The average molecular weight is 276 g/mol. The fourth-order valence-corrected chi connectivity index (χ4v) is 2.29. The topological polar surface area (TPSA) is 46.2 Å². The van der Waals surface area contributed by atoms with E-state index >= 15 is 0 Å². The molecule has 17 heavy (non-hydrogen) atoms. The number of rotatable bonds is 5. The Hall–Kier alpha value is -0.740. The van der Waals surface area contributed by atoms with Gasteiger partial charge in [0.15, 0.2) is 9.84 Å². The molecule has 0 fully saturated rings. The third-order valence-corrected chi connectivity index (χ3v) is 4.83. The van der Waals surface area contributed by atoms with Crippen molar-refractivity contribution in [1.29, 1.82) is 0 Å². The van der Waals surface area contributed by atoms with Crippen LogP contribution in [0.15, 0.2) is 29.2 Å². The largest absolute Gasteiger partial charge is 0.379 e. The molecule has 0 unspecified atom stereocenters. The molecule has 0 aliphatic heterocycles. The van der Waals surface area contributed by atoms with Gasteiger partial charge in [-0.1, -0.05) is 6.92 Å². The van der Waals surface area contributed by atoms with Crippen LogP contribution in [0.1, 0.15) is 20.8 Å². The molecule has 1 aromatic carbocycles. The first-order valence-corrected chi connectivity index (χ1v) is 7.66. The van der Waals surface area contributed by atoms with Crippen molar-refractivity contribution in [2.45, 2.75) is 31.2 Å². The van der Waals surface area contributed by atoms with Gasteiger partial charge in [-0.25, -0.2) is 8.42 Å². The minimum atomic E-state index is -3.12. The molecule has 1 N–H and O–H groups in total. The second kappa shape index (κ2) is 5.27. The molecular weight excluding hydrogens is 258 g/mol. The highest BCUT2D eigenvalue weighted by Crippen LogP contribution is 2.19. The minimum absolute atomic E-state index is 0.118. The van der Waals surface area contributed by atoms with E-state index in [9.17, 15) is 8.42 Å². The van der Waals surface area contributed by atoms with E-state index in [-0.39, 0.29) is 11.3 Å².